The normalized spacial score (nSPS) is 37.4. The van der Waals surface area contributed by atoms with Crippen LogP contribution in [0.25, 0.3) is 10.9 Å². The lowest BCUT2D eigenvalue weighted by molar-refractivity contribution is -0.182. The van der Waals surface area contributed by atoms with Gasteiger partial charge in [-0.1, -0.05) is 31.5 Å². The van der Waals surface area contributed by atoms with Crippen LogP contribution in [0, 0.1) is 11.8 Å². The Morgan fingerprint density at radius 3 is 2.92 bits per heavy atom. The van der Waals surface area contributed by atoms with E-state index in [1.165, 1.54) is 30.2 Å². The van der Waals surface area contributed by atoms with Crippen molar-refractivity contribution in [3.05, 3.63) is 35.5 Å². The summed E-state index contributed by atoms with van der Waals surface area (Å²) in [7, 11) is 0. The van der Waals surface area contributed by atoms with Gasteiger partial charge in [0, 0.05) is 41.7 Å². The lowest BCUT2D eigenvalue weighted by Gasteiger charge is -2.57. The Bertz CT molecular complexity index is 751. The van der Waals surface area contributed by atoms with Crippen LogP contribution in [0.15, 0.2) is 24.3 Å². The molecule has 128 valence electrons. The van der Waals surface area contributed by atoms with Gasteiger partial charge >= 0.3 is 0 Å². The van der Waals surface area contributed by atoms with Crippen LogP contribution in [-0.2, 0) is 11.2 Å². The zero-order chi connectivity index (χ0) is 16.3. The van der Waals surface area contributed by atoms with E-state index in [2.05, 4.69) is 48.0 Å². The number of H-pyrrole nitrogens is 1. The summed E-state index contributed by atoms with van der Waals surface area (Å²) in [4.78, 5) is 6.56. The van der Waals surface area contributed by atoms with Gasteiger partial charge in [-0.2, -0.15) is 0 Å². The number of piperidine rings is 2. The van der Waals surface area contributed by atoms with Crippen molar-refractivity contribution in [3.63, 3.8) is 0 Å². The molecule has 6 atom stereocenters. The molecule has 1 aromatic carbocycles. The van der Waals surface area contributed by atoms with Crippen molar-refractivity contribution in [1.82, 2.24) is 9.88 Å². The van der Waals surface area contributed by atoms with Crippen molar-refractivity contribution in [2.24, 2.45) is 11.8 Å². The molecule has 1 aromatic heterocycles. The molecule has 3 fully saturated rings. The maximum Gasteiger partial charge on any atom is 0.113 e. The average Bonchev–Trinajstić information content (AvgIpc) is 2.93. The fourth-order valence-electron chi connectivity index (χ4n) is 6.02. The monoisotopic (exact) mass is 324 g/mol. The molecule has 3 aliphatic heterocycles. The lowest BCUT2D eigenvalue weighted by Crippen LogP contribution is -2.62. The largest absolute Gasteiger partial charge is 0.363 e. The summed E-state index contributed by atoms with van der Waals surface area (Å²) in [5.41, 5.74) is 4.45. The van der Waals surface area contributed by atoms with Crippen molar-refractivity contribution < 1.29 is 4.74 Å². The van der Waals surface area contributed by atoms with Gasteiger partial charge in [0.05, 0.1) is 0 Å². The molecule has 4 bridgehead atoms. The third-order valence-corrected chi connectivity index (χ3v) is 6.87. The number of nitrogens with zero attached hydrogens (tertiary/aromatic N) is 1. The number of aromatic amines is 1. The smallest absolute Gasteiger partial charge is 0.113 e. The maximum atomic E-state index is 6.23. The van der Waals surface area contributed by atoms with E-state index in [1.54, 1.807) is 11.3 Å². The van der Waals surface area contributed by atoms with Gasteiger partial charge in [-0.3, -0.25) is 4.90 Å². The van der Waals surface area contributed by atoms with E-state index >= 15 is 0 Å². The second-order valence-electron chi connectivity index (χ2n) is 7.89. The fourth-order valence-corrected chi connectivity index (χ4v) is 6.02. The number of nitrogens with one attached hydrogen (secondary N) is 1. The average molecular weight is 324 g/mol. The standard InChI is InChI=1S/C21H28N2O/c1-3-13-11-14-12-17-19-16(15-7-5-6-8-18(15)22-19)9-10-23(20(13)17)21(14)24-4-2/h5-8,13-14,17,20-22H,3-4,9-12H2,1-2H3/t13-,14+,17-,20-,21?/m0/s1. The molecule has 4 aliphatic rings. The number of ether oxygens (including phenoxy) is 1. The van der Waals surface area contributed by atoms with Crippen LogP contribution in [0.2, 0.25) is 0 Å². The summed E-state index contributed by atoms with van der Waals surface area (Å²) < 4.78 is 6.23. The van der Waals surface area contributed by atoms with Gasteiger partial charge in [-0.15, -0.1) is 0 Å². The van der Waals surface area contributed by atoms with Crippen LogP contribution >= 0.6 is 0 Å². The molecule has 0 radical (unpaired) electrons. The number of hydrogen-bond acceptors (Lipinski definition) is 2. The van der Waals surface area contributed by atoms with Crippen molar-refractivity contribution in [2.75, 3.05) is 13.2 Å². The first-order valence-electron chi connectivity index (χ1n) is 9.78. The second-order valence-corrected chi connectivity index (χ2v) is 7.89. The van der Waals surface area contributed by atoms with Gasteiger partial charge in [0.15, 0.2) is 0 Å². The summed E-state index contributed by atoms with van der Waals surface area (Å²) in [6.07, 6.45) is 5.45. The maximum absolute atomic E-state index is 6.23. The van der Waals surface area contributed by atoms with Gasteiger partial charge in [0.25, 0.3) is 0 Å². The Morgan fingerprint density at radius 1 is 1.21 bits per heavy atom. The van der Waals surface area contributed by atoms with Crippen LogP contribution in [0.1, 0.15) is 50.3 Å². The van der Waals surface area contributed by atoms with Crippen LogP contribution < -0.4 is 0 Å². The quantitative estimate of drug-likeness (QED) is 0.912. The van der Waals surface area contributed by atoms with Crippen molar-refractivity contribution in [3.8, 4) is 0 Å². The SMILES string of the molecule is CCOC1[C@@H]2C[C@H](CC)[C@H]3[C@@H](C2)c2[nH]c4ccccc4c2CCN13. The highest BCUT2D eigenvalue weighted by atomic mass is 16.5. The molecule has 1 saturated carbocycles. The lowest BCUT2D eigenvalue weighted by atomic mass is 9.64. The molecule has 3 heteroatoms. The Balaban J connectivity index is 1.63. The third kappa shape index (κ3) is 1.98. The number of benzene rings is 1. The van der Waals surface area contributed by atoms with E-state index in [0.717, 1.165) is 25.5 Å². The summed E-state index contributed by atoms with van der Waals surface area (Å²) in [5, 5.41) is 1.44. The Labute approximate surface area is 144 Å². The zero-order valence-corrected chi connectivity index (χ0v) is 14.8. The molecule has 2 unspecified atom stereocenters. The molecule has 0 spiro atoms. The molecule has 4 heterocycles. The van der Waals surface area contributed by atoms with Gasteiger partial charge in [-0.25, -0.2) is 0 Å². The molecule has 24 heavy (non-hydrogen) atoms. The van der Waals surface area contributed by atoms with Gasteiger partial charge in [-0.05, 0) is 49.7 Å². The van der Waals surface area contributed by atoms with E-state index in [9.17, 15) is 0 Å². The minimum absolute atomic E-state index is 0.356. The first-order valence-corrected chi connectivity index (χ1v) is 9.78. The minimum atomic E-state index is 0.356. The minimum Gasteiger partial charge on any atom is -0.363 e. The number of rotatable bonds is 3. The number of aromatic nitrogens is 1. The highest BCUT2D eigenvalue weighted by molar-refractivity contribution is 5.85. The Morgan fingerprint density at radius 2 is 2.08 bits per heavy atom. The van der Waals surface area contributed by atoms with Crippen molar-refractivity contribution in [1.29, 1.82) is 0 Å². The third-order valence-electron chi connectivity index (χ3n) is 6.87. The van der Waals surface area contributed by atoms with E-state index < -0.39 is 0 Å². The van der Waals surface area contributed by atoms with Crippen LogP contribution in [-0.4, -0.2) is 35.3 Å². The summed E-state index contributed by atoms with van der Waals surface area (Å²) in [5.74, 6) is 2.18. The molecule has 2 aromatic rings. The topological polar surface area (TPSA) is 28.3 Å². The second kappa shape index (κ2) is 5.60. The number of fused-ring (bicyclic) bond motifs is 4. The molecular weight excluding hydrogens is 296 g/mol. The predicted octanol–water partition coefficient (Wildman–Crippen LogP) is 4.29. The Kier molecular flexibility index (Phi) is 3.50. The van der Waals surface area contributed by atoms with Crippen molar-refractivity contribution >= 4 is 10.9 Å². The van der Waals surface area contributed by atoms with Crippen LogP contribution in [0.4, 0.5) is 0 Å². The summed E-state index contributed by atoms with van der Waals surface area (Å²) >= 11 is 0. The Hall–Kier alpha value is -1.32. The molecular formula is C21H28N2O. The molecule has 1 N–H and O–H groups in total. The summed E-state index contributed by atoms with van der Waals surface area (Å²) in [6, 6.07) is 9.52. The molecule has 6 rings (SSSR count). The van der Waals surface area contributed by atoms with Gasteiger partial charge in [0.1, 0.15) is 6.23 Å². The number of hydrogen-bond donors (Lipinski definition) is 1. The molecule has 2 saturated heterocycles. The zero-order valence-electron chi connectivity index (χ0n) is 14.8. The fraction of sp³-hybridized carbons (Fsp3) is 0.619. The van der Waals surface area contributed by atoms with Crippen LogP contribution in [0.3, 0.4) is 0 Å². The highest BCUT2D eigenvalue weighted by Crippen LogP contribution is 2.53. The molecule has 0 amide bonds. The molecule has 1 aliphatic carbocycles. The first-order chi connectivity index (χ1) is 11.8. The van der Waals surface area contributed by atoms with Gasteiger partial charge in [0.2, 0.25) is 0 Å². The van der Waals surface area contributed by atoms with Crippen molar-refractivity contribution in [2.45, 2.75) is 57.7 Å². The number of para-hydroxylation sites is 1. The van der Waals surface area contributed by atoms with E-state index in [4.69, 9.17) is 4.74 Å². The van der Waals surface area contributed by atoms with E-state index in [1.807, 2.05) is 0 Å². The summed E-state index contributed by atoms with van der Waals surface area (Å²) in [6.45, 7) is 6.50. The predicted molar refractivity (Wildman–Crippen MR) is 97.2 cm³/mol. The van der Waals surface area contributed by atoms with E-state index in [-0.39, 0.29) is 0 Å². The highest BCUT2D eigenvalue weighted by Gasteiger charge is 2.53. The van der Waals surface area contributed by atoms with E-state index in [0.29, 0.717) is 24.1 Å². The van der Waals surface area contributed by atoms with Gasteiger partial charge < -0.3 is 9.72 Å². The van der Waals surface area contributed by atoms with Crippen LogP contribution in [0.5, 0.6) is 0 Å². The first kappa shape index (κ1) is 15.0. The molecule has 3 nitrogen and oxygen atoms in total.